The Morgan fingerprint density at radius 1 is 1.19 bits per heavy atom. The van der Waals surface area contributed by atoms with Crippen LogP contribution in [0.5, 0.6) is 0 Å². The number of carbonyl (C=O) groups excluding carboxylic acids is 1. The first-order valence-electron chi connectivity index (χ1n) is 9.63. The molecule has 152 valence electrons. The molecule has 3 atom stereocenters. The molecule has 0 aromatic heterocycles. The Bertz CT molecular complexity index is 708. The van der Waals surface area contributed by atoms with E-state index in [1.807, 2.05) is 12.1 Å². The molecule has 1 heterocycles. The molecule has 0 radical (unpaired) electrons. The lowest BCUT2D eigenvalue weighted by Crippen LogP contribution is -2.41. The van der Waals surface area contributed by atoms with E-state index in [1.165, 1.54) is 12.0 Å². The number of rotatable bonds is 8. The summed E-state index contributed by atoms with van der Waals surface area (Å²) in [6.45, 7) is 8.27. The Morgan fingerprint density at radius 3 is 2.30 bits per heavy atom. The van der Waals surface area contributed by atoms with Crippen molar-refractivity contribution in [3.8, 4) is 0 Å². The van der Waals surface area contributed by atoms with Crippen molar-refractivity contribution in [3.05, 3.63) is 35.4 Å². The van der Waals surface area contributed by atoms with Crippen LogP contribution in [0.15, 0.2) is 24.3 Å². The van der Waals surface area contributed by atoms with Gasteiger partial charge < -0.3 is 11.1 Å². The minimum absolute atomic E-state index is 0.0793. The van der Waals surface area contributed by atoms with E-state index in [-0.39, 0.29) is 18.1 Å². The summed E-state index contributed by atoms with van der Waals surface area (Å²) in [6, 6.07) is 7.45. The first-order chi connectivity index (χ1) is 12.6. The van der Waals surface area contributed by atoms with E-state index >= 15 is 0 Å². The smallest absolute Gasteiger partial charge is 0.237 e. The quantitative estimate of drug-likeness (QED) is 0.697. The first kappa shape index (κ1) is 21.9. The number of nitrogens with two attached hydrogens (primary N) is 1. The number of likely N-dealkylation sites (tertiary alicyclic amines) is 1. The van der Waals surface area contributed by atoms with Gasteiger partial charge in [0.2, 0.25) is 5.91 Å². The van der Waals surface area contributed by atoms with Crippen molar-refractivity contribution in [1.29, 1.82) is 0 Å². The van der Waals surface area contributed by atoms with Gasteiger partial charge in [0.05, 0.1) is 11.8 Å². The summed E-state index contributed by atoms with van der Waals surface area (Å²) in [7, 11) is -3.11. The lowest BCUT2D eigenvalue weighted by Gasteiger charge is -2.35. The Morgan fingerprint density at radius 2 is 1.74 bits per heavy atom. The molecule has 0 saturated carbocycles. The van der Waals surface area contributed by atoms with Crippen LogP contribution in [0.1, 0.15) is 37.8 Å². The fraction of sp³-hybridized carbons (Fsp3) is 0.650. The Hall–Kier alpha value is -1.44. The Kier molecular flexibility index (Phi) is 7.82. The summed E-state index contributed by atoms with van der Waals surface area (Å²) >= 11 is 0. The normalized spacial score (nSPS) is 22.4. The minimum Gasteiger partial charge on any atom is -0.351 e. The van der Waals surface area contributed by atoms with Gasteiger partial charge in [-0.25, -0.2) is 8.42 Å². The van der Waals surface area contributed by atoms with E-state index in [2.05, 4.69) is 36.2 Å². The number of amides is 1. The Labute approximate surface area is 163 Å². The van der Waals surface area contributed by atoms with Crippen LogP contribution >= 0.6 is 0 Å². The average Bonchev–Trinajstić information content (AvgIpc) is 2.57. The molecule has 1 saturated heterocycles. The van der Waals surface area contributed by atoms with E-state index in [0.717, 1.165) is 43.3 Å². The van der Waals surface area contributed by atoms with Gasteiger partial charge in [-0.15, -0.1) is 0 Å². The fourth-order valence-corrected chi connectivity index (χ4v) is 4.42. The highest BCUT2D eigenvalue weighted by molar-refractivity contribution is 7.90. The highest BCUT2D eigenvalue weighted by Crippen LogP contribution is 2.22. The molecule has 0 aliphatic carbocycles. The summed E-state index contributed by atoms with van der Waals surface area (Å²) in [5.41, 5.74) is 8.03. The minimum atomic E-state index is -3.11. The van der Waals surface area contributed by atoms with Crippen LogP contribution < -0.4 is 11.1 Å². The summed E-state index contributed by atoms with van der Waals surface area (Å²) in [6.07, 6.45) is 2.59. The summed E-state index contributed by atoms with van der Waals surface area (Å²) < 4.78 is 22.3. The second-order valence-electron chi connectivity index (χ2n) is 8.20. The summed E-state index contributed by atoms with van der Waals surface area (Å²) in [5.74, 6) is 1.09. The molecule has 2 rings (SSSR count). The molecule has 1 aromatic rings. The van der Waals surface area contributed by atoms with E-state index in [0.29, 0.717) is 6.54 Å². The van der Waals surface area contributed by atoms with Crippen LogP contribution in [-0.4, -0.2) is 50.4 Å². The third kappa shape index (κ3) is 7.99. The molecular weight excluding hydrogens is 362 g/mol. The SMILES string of the molecule is CC1CC(C)CN(Cc2ccc(CNC(=O)C(N)CCS(C)(=O)=O)cc2)C1. The summed E-state index contributed by atoms with van der Waals surface area (Å²) in [4.78, 5) is 14.5. The molecule has 1 amide bonds. The van der Waals surface area contributed by atoms with Crippen molar-refractivity contribution in [1.82, 2.24) is 10.2 Å². The molecule has 3 unspecified atom stereocenters. The Balaban J connectivity index is 1.79. The maximum absolute atomic E-state index is 12.0. The molecule has 3 N–H and O–H groups in total. The van der Waals surface area contributed by atoms with E-state index in [9.17, 15) is 13.2 Å². The second kappa shape index (κ2) is 9.66. The molecule has 0 spiro atoms. The number of piperidine rings is 1. The standard InChI is InChI=1S/C20H33N3O3S/c1-15-10-16(2)13-23(12-15)14-18-6-4-17(5-7-18)11-22-20(24)19(21)8-9-27(3,25)26/h4-7,15-16,19H,8-14,21H2,1-3H3,(H,22,24). The lowest BCUT2D eigenvalue weighted by atomic mass is 9.91. The number of nitrogens with zero attached hydrogens (tertiary/aromatic N) is 1. The van der Waals surface area contributed by atoms with Gasteiger partial charge in [0.1, 0.15) is 9.84 Å². The van der Waals surface area contributed by atoms with Crippen LogP contribution in [0.25, 0.3) is 0 Å². The largest absolute Gasteiger partial charge is 0.351 e. The van der Waals surface area contributed by atoms with Crippen molar-refractivity contribution in [3.63, 3.8) is 0 Å². The van der Waals surface area contributed by atoms with Gasteiger partial charge >= 0.3 is 0 Å². The first-order valence-corrected chi connectivity index (χ1v) is 11.7. The predicted molar refractivity (Wildman–Crippen MR) is 109 cm³/mol. The van der Waals surface area contributed by atoms with Crippen molar-refractivity contribution in [2.24, 2.45) is 17.6 Å². The average molecular weight is 396 g/mol. The number of carbonyl (C=O) groups is 1. The molecule has 6 nitrogen and oxygen atoms in total. The third-order valence-corrected chi connectivity index (χ3v) is 5.95. The lowest BCUT2D eigenvalue weighted by molar-refractivity contribution is -0.122. The molecule has 1 aliphatic heterocycles. The monoisotopic (exact) mass is 395 g/mol. The highest BCUT2D eigenvalue weighted by atomic mass is 32.2. The van der Waals surface area contributed by atoms with E-state index < -0.39 is 15.9 Å². The van der Waals surface area contributed by atoms with Crippen LogP contribution in [0.2, 0.25) is 0 Å². The molecule has 7 heteroatoms. The van der Waals surface area contributed by atoms with Crippen LogP contribution in [0.3, 0.4) is 0 Å². The number of nitrogens with one attached hydrogen (secondary N) is 1. The van der Waals surface area contributed by atoms with Crippen LogP contribution in [0, 0.1) is 11.8 Å². The molecule has 1 aromatic carbocycles. The van der Waals surface area contributed by atoms with Crippen molar-refractivity contribution in [2.45, 2.75) is 45.8 Å². The van der Waals surface area contributed by atoms with Crippen LogP contribution in [-0.2, 0) is 27.7 Å². The van der Waals surface area contributed by atoms with Gasteiger partial charge in [0.15, 0.2) is 0 Å². The van der Waals surface area contributed by atoms with Gasteiger partial charge in [-0.05, 0) is 35.8 Å². The number of hydrogen-bond acceptors (Lipinski definition) is 5. The highest BCUT2D eigenvalue weighted by Gasteiger charge is 2.21. The number of sulfone groups is 1. The zero-order chi connectivity index (χ0) is 20.0. The van der Waals surface area contributed by atoms with Gasteiger partial charge in [-0.1, -0.05) is 38.1 Å². The van der Waals surface area contributed by atoms with Gasteiger partial charge in [-0.2, -0.15) is 0 Å². The van der Waals surface area contributed by atoms with E-state index in [1.54, 1.807) is 0 Å². The van der Waals surface area contributed by atoms with Gasteiger partial charge in [0.25, 0.3) is 0 Å². The second-order valence-corrected chi connectivity index (χ2v) is 10.5. The van der Waals surface area contributed by atoms with Gasteiger partial charge in [0, 0.05) is 32.4 Å². The zero-order valence-electron chi connectivity index (χ0n) is 16.6. The molecule has 1 aliphatic rings. The number of benzene rings is 1. The molecule has 1 fully saturated rings. The topological polar surface area (TPSA) is 92.5 Å². The summed E-state index contributed by atoms with van der Waals surface area (Å²) in [5, 5.41) is 2.78. The number of hydrogen-bond donors (Lipinski definition) is 2. The van der Waals surface area contributed by atoms with E-state index in [4.69, 9.17) is 5.73 Å². The predicted octanol–water partition coefficient (Wildman–Crippen LogP) is 1.54. The zero-order valence-corrected chi connectivity index (χ0v) is 17.5. The molecular formula is C20H33N3O3S. The third-order valence-electron chi connectivity index (χ3n) is 4.98. The van der Waals surface area contributed by atoms with Crippen molar-refractivity contribution < 1.29 is 13.2 Å². The molecule has 27 heavy (non-hydrogen) atoms. The maximum atomic E-state index is 12.0. The maximum Gasteiger partial charge on any atom is 0.237 e. The molecule has 0 bridgehead atoms. The van der Waals surface area contributed by atoms with Gasteiger partial charge in [-0.3, -0.25) is 9.69 Å². The van der Waals surface area contributed by atoms with Crippen molar-refractivity contribution in [2.75, 3.05) is 25.1 Å². The van der Waals surface area contributed by atoms with Crippen molar-refractivity contribution >= 4 is 15.7 Å². The van der Waals surface area contributed by atoms with Crippen LogP contribution in [0.4, 0.5) is 0 Å². The fourth-order valence-electron chi connectivity index (χ4n) is 3.73.